The Hall–Kier alpha value is -1.24. The van der Waals surface area contributed by atoms with Crippen molar-refractivity contribution in [1.29, 1.82) is 0 Å². The average molecular weight is 145 g/mol. The van der Waals surface area contributed by atoms with E-state index in [1.165, 1.54) is 11.3 Å². The van der Waals surface area contributed by atoms with Gasteiger partial charge in [0.15, 0.2) is 0 Å². The summed E-state index contributed by atoms with van der Waals surface area (Å²) in [7, 11) is 0. The Bertz CT molecular complexity index is 276. The average Bonchev–Trinajstić information content (AvgIpc) is 2.38. The third-order valence-electron chi connectivity index (χ3n) is 1.96. The summed E-state index contributed by atoms with van der Waals surface area (Å²) in [6.45, 7) is 2.18. The molecule has 56 valence electrons. The second-order valence-electron chi connectivity index (χ2n) is 2.92. The molecule has 0 radical (unpaired) electrons. The van der Waals surface area contributed by atoms with E-state index in [9.17, 15) is 0 Å². The summed E-state index contributed by atoms with van der Waals surface area (Å²) in [5.41, 5.74) is 2.50. The lowest BCUT2D eigenvalue weighted by atomic mass is 10.1. The Morgan fingerprint density at radius 2 is 2.09 bits per heavy atom. The van der Waals surface area contributed by atoms with Gasteiger partial charge in [-0.05, 0) is 23.6 Å². The van der Waals surface area contributed by atoms with Crippen molar-refractivity contribution in [3.05, 3.63) is 35.7 Å². The van der Waals surface area contributed by atoms with E-state index in [-0.39, 0.29) is 0 Å². The van der Waals surface area contributed by atoms with Crippen LogP contribution in [-0.2, 0) is 0 Å². The molecule has 1 aromatic heterocycles. The maximum absolute atomic E-state index is 3.18. The summed E-state index contributed by atoms with van der Waals surface area (Å²) in [5.74, 6) is 0.552. The predicted molar refractivity (Wildman–Crippen MR) is 48.0 cm³/mol. The Balaban J connectivity index is 2.48. The molecule has 0 amide bonds. The van der Waals surface area contributed by atoms with Gasteiger partial charge >= 0.3 is 0 Å². The van der Waals surface area contributed by atoms with Gasteiger partial charge in [-0.2, -0.15) is 0 Å². The molecule has 1 N–H and O–H groups in total. The Labute approximate surface area is 66.4 Å². The summed E-state index contributed by atoms with van der Waals surface area (Å²) in [4.78, 5) is 3.18. The number of nitrogens with one attached hydrogen (secondary N) is 1. The van der Waals surface area contributed by atoms with Crippen LogP contribution in [-0.4, -0.2) is 4.98 Å². The van der Waals surface area contributed by atoms with Gasteiger partial charge in [-0.15, -0.1) is 0 Å². The quantitative estimate of drug-likeness (QED) is 0.577. The van der Waals surface area contributed by atoms with Gasteiger partial charge in [0, 0.05) is 11.9 Å². The van der Waals surface area contributed by atoms with Gasteiger partial charge in [0.2, 0.25) is 0 Å². The number of hydrogen-bond donors (Lipinski definition) is 1. The molecule has 1 heterocycles. The molecular weight excluding hydrogens is 134 g/mol. The molecule has 0 bridgehead atoms. The van der Waals surface area contributed by atoms with Gasteiger partial charge in [0.25, 0.3) is 0 Å². The van der Waals surface area contributed by atoms with Crippen molar-refractivity contribution in [3.8, 4) is 0 Å². The highest BCUT2D eigenvalue weighted by atomic mass is 14.7. The zero-order chi connectivity index (χ0) is 7.68. The second kappa shape index (κ2) is 2.42. The van der Waals surface area contributed by atoms with Crippen molar-refractivity contribution in [3.63, 3.8) is 0 Å². The standard InChI is InChI=1S/C10H11N/c1-8-2-4-9-6-7-11-10(9)5-3-8/h2-8,11H,1H3. The summed E-state index contributed by atoms with van der Waals surface area (Å²) in [6, 6.07) is 2.09. The zero-order valence-electron chi connectivity index (χ0n) is 6.54. The molecule has 1 aromatic rings. The maximum atomic E-state index is 3.18. The van der Waals surface area contributed by atoms with Gasteiger partial charge in [0.1, 0.15) is 0 Å². The minimum Gasteiger partial charge on any atom is -0.361 e. The highest BCUT2D eigenvalue weighted by Gasteiger charge is 2.01. The van der Waals surface area contributed by atoms with Crippen LogP contribution in [0.4, 0.5) is 0 Å². The van der Waals surface area contributed by atoms with Gasteiger partial charge in [0.05, 0.1) is 0 Å². The van der Waals surface area contributed by atoms with Gasteiger partial charge in [-0.25, -0.2) is 0 Å². The van der Waals surface area contributed by atoms with E-state index in [2.05, 4.69) is 42.3 Å². The molecule has 1 aliphatic carbocycles. The van der Waals surface area contributed by atoms with Crippen LogP contribution in [0.1, 0.15) is 18.2 Å². The van der Waals surface area contributed by atoms with Crippen LogP contribution in [0.15, 0.2) is 24.4 Å². The molecule has 0 fully saturated rings. The fourth-order valence-electron chi connectivity index (χ4n) is 1.25. The summed E-state index contributed by atoms with van der Waals surface area (Å²) in [6.07, 6.45) is 10.7. The Kier molecular flexibility index (Phi) is 1.42. The first-order chi connectivity index (χ1) is 5.36. The SMILES string of the molecule is CC1C=Cc2cc[nH]c2C=C1. The molecule has 2 rings (SSSR count). The van der Waals surface area contributed by atoms with Crippen molar-refractivity contribution < 1.29 is 0 Å². The molecule has 1 nitrogen and oxygen atoms in total. The second-order valence-corrected chi connectivity index (χ2v) is 2.92. The third kappa shape index (κ3) is 1.14. The largest absolute Gasteiger partial charge is 0.361 e. The lowest BCUT2D eigenvalue weighted by Crippen LogP contribution is -1.77. The number of rotatable bonds is 0. The number of H-pyrrole nitrogens is 1. The monoisotopic (exact) mass is 145 g/mol. The van der Waals surface area contributed by atoms with Crippen LogP contribution in [0.5, 0.6) is 0 Å². The molecule has 0 aliphatic heterocycles. The van der Waals surface area contributed by atoms with E-state index in [0.29, 0.717) is 5.92 Å². The predicted octanol–water partition coefficient (Wildman–Crippen LogP) is 2.69. The fraction of sp³-hybridized carbons (Fsp3) is 0.200. The molecule has 1 heteroatoms. The molecule has 0 saturated heterocycles. The number of hydrogen-bond acceptors (Lipinski definition) is 0. The molecular formula is C10H11N. The summed E-state index contributed by atoms with van der Waals surface area (Å²) < 4.78 is 0. The summed E-state index contributed by atoms with van der Waals surface area (Å²) in [5, 5.41) is 0. The highest BCUT2D eigenvalue weighted by Crippen LogP contribution is 2.17. The van der Waals surface area contributed by atoms with E-state index >= 15 is 0 Å². The summed E-state index contributed by atoms with van der Waals surface area (Å²) >= 11 is 0. The molecule has 0 spiro atoms. The number of aromatic nitrogens is 1. The first-order valence-corrected chi connectivity index (χ1v) is 3.90. The van der Waals surface area contributed by atoms with Crippen LogP contribution in [0.25, 0.3) is 12.2 Å². The van der Waals surface area contributed by atoms with E-state index in [0.717, 1.165) is 0 Å². The molecule has 11 heavy (non-hydrogen) atoms. The fourth-order valence-corrected chi connectivity index (χ4v) is 1.25. The number of allylic oxidation sites excluding steroid dienone is 2. The Morgan fingerprint density at radius 1 is 1.27 bits per heavy atom. The molecule has 1 aliphatic rings. The maximum Gasteiger partial charge on any atom is 0.0450 e. The third-order valence-corrected chi connectivity index (χ3v) is 1.96. The normalized spacial score (nSPS) is 21.4. The molecule has 1 unspecified atom stereocenters. The van der Waals surface area contributed by atoms with E-state index in [1.807, 2.05) is 6.20 Å². The van der Waals surface area contributed by atoms with Crippen molar-refractivity contribution >= 4 is 12.2 Å². The van der Waals surface area contributed by atoms with Gasteiger partial charge in [-0.1, -0.05) is 25.2 Å². The van der Waals surface area contributed by atoms with Crippen LogP contribution in [0.3, 0.4) is 0 Å². The number of fused-ring (bicyclic) bond motifs is 1. The van der Waals surface area contributed by atoms with Crippen molar-refractivity contribution in [2.45, 2.75) is 6.92 Å². The van der Waals surface area contributed by atoms with E-state index < -0.39 is 0 Å². The molecule has 1 atom stereocenters. The van der Waals surface area contributed by atoms with Crippen molar-refractivity contribution in [1.82, 2.24) is 4.98 Å². The van der Waals surface area contributed by atoms with Gasteiger partial charge < -0.3 is 4.98 Å². The minimum absolute atomic E-state index is 0.552. The number of aromatic amines is 1. The van der Waals surface area contributed by atoms with Crippen LogP contribution in [0, 0.1) is 5.92 Å². The van der Waals surface area contributed by atoms with Gasteiger partial charge in [-0.3, -0.25) is 0 Å². The van der Waals surface area contributed by atoms with E-state index in [1.54, 1.807) is 0 Å². The van der Waals surface area contributed by atoms with Crippen LogP contribution < -0.4 is 0 Å². The van der Waals surface area contributed by atoms with Crippen molar-refractivity contribution in [2.75, 3.05) is 0 Å². The first kappa shape index (κ1) is 6.47. The lowest BCUT2D eigenvalue weighted by Gasteiger charge is -1.91. The first-order valence-electron chi connectivity index (χ1n) is 3.90. The van der Waals surface area contributed by atoms with Crippen molar-refractivity contribution in [2.24, 2.45) is 5.92 Å². The zero-order valence-corrected chi connectivity index (χ0v) is 6.54. The topological polar surface area (TPSA) is 15.8 Å². The van der Waals surface area contributed by atoms with Crippen LogP contribution in [0.2, 0.25) is 0 Å². The molecule has 0 saturated carbocycles. The lowest BCUT2D eigenvalue weighted by molar-refractivity contribution is 0.953. The Morgan fingerprint density at radius 3 is 3.00 bits per heavy atom. The van der Waals surface area contributed by atoms with Crippen LogP contribution >= 0.6 is 0 Å². The highest BCUT2D eigenvalue weighted by molar-refractivity contribution is 5.65. The minimum atomic E-state index is 0.552. The smallest absolute Gasteiger partial charge is 0.0450 e. The van der Waals surface area contributed by atoms with E-state index in [4.69, 9.17) is 0 Å². The molecule has 0 aromatic carbocycles.